The zero-order valence-electron chi connectivity index (χ0n) is 16.6. The molecule has 0 radical (unpaired) electrons. The molecule has 2 aromatic carbocycles. The van der Waals surface area contributed by atoms with Crippen LogP contribution in [0.2, 0.25) is 0 Å². The van der Waals surface area contributed by atoms with Crippen LogP contribution in [0.5, 0.6) is 11.5 Å². The molecule has 0 saturated carbocycles. The molecule has 0 saturated heterocycles. The minimum atomic E-state index is -0.364. The molecule has 1 aliphatic heterocycles. The van der Waals surface area contributed by atoms with Crippen molar-refractivity contribution in [3.05, 3.63) is 77.7 Å². The van der Waals surface area contributed by atoms with E-state index in [1.54, 1.807) is 18.3 Å². The van der Waals surface area contributed by atoms with Crippen LogP contribution in [0, 0.1) is 0 Å². The Hall–Kier alpha value is -3.41. The standard InChI is InChI=1S/C23H24N2O4/c1-3-12-29-20-11-10-16(14-21(20)27-2)22-24-19-9-5-4-8-18(19)23(26)25(22)15-17-7-6-13-28-17/h4-11,13-14,22,24H,3,12,15H2,1-2H3. The number of nitrogens with zero attached hydrogens (tertiary/aromatic N) is 1. The van der Waals surface area contributed by atoms with Crippen LogP contribution in [-0.4, -0.2) is 24.5 Å². The Morgan fingerprint density at radius 3 is 2.72 bits per heavy atom. The summed E-state index contributed by atoms with van der Waals surface area (Å²) in [6.45, 7) is 3.03. The summed E-state index contributed by atoms with van der Waals surface area (Å²) in [4.78, 5) is 15.0. The van der Waals surface area contributed by atoms with Crippen LogP contribution >= 0.6 is 0 Å². The zero-order chi connectivity index (χ0) is 20.2. The zero-order valence-corrected chi connectivity index (χ0v) is 16.6. The van der Waals surface area contributed by atoms with E-state index in [-0.39, 0.29) is 12.1 Å². The summed E-state index contributed by atoms with van der Waals surface area (Å²) in [6.07, 6.45) is 2.16. The van der Waals surface area contributed by atoms with Crippen LogP contribution in [-0.2, 0) is 6.54 Å². The number of rotatable bonds is 7. The molecule has 0 aliphatic carbocycles. The van der Waals surface area contributed by atoms with Gasteiger partial charge in [0.1, 0.15) is 11.9 Å². The van der Waals surface area contributed by atoms with E-state index in [4.69, 9.17) is 13.9 Å². The maximum Gasteiger partial charge on any atom is 0.258 e. The van der Waals surface area contributed by atoms with Gasteiger partial charge in [-0.1, -0.05) is 25.1 Å². The van der Waals surface area contributed by atoms with E-state index in [9.17, 15) is 4.79 Å². The first-order valence-corrected chi connectivity index (χ1v) is 9.71. The number of anilines is 1. The lowest BCUT2D eigenvalue weighted by molar-refractivity contribution is 0.0651. The van der Waals surface area contributed by atoms with Gasteiger partial charge in [-0.05, 0) is 48.4 Å². The molecule has 1 aromatic heterocycles. The molecular weight excluding hydrogens is 368 g/mol. The minimum Gasteiger partial charge on any atom is -0.493 e. The third-order valence-electron chi connectivity index (χ3n) is 4.89. The molecule has 1 atom stereocenters. The summed E-state index contributed by atoms with van der Waals surface area (Å²) in [5, 5.41) is 3.49. The van der Waals surface area contributed by atoms with Gasteiger partial charge in [-0.3, -0.25) is 4.79 Å². The van der Waals surface area contributed by atoms with Crippen molar-refractivity contribution in [1.29, 1.82) is 0 Å². The molecule has 4 rings (SSSR count). The molecule has 1 N–H and O–H groups in total. The van der Waals surface area contributed by atoms with Gasteiger partial charge in [-0.15, -0.1) is 0 Å². The summed E-state index contributed by atoms with van der Waals surface area (Å²) in [5.41, 5.74) is 2.36. The Morgan fingerprint density at radius 1 is 1.10 bits per heavy atom. The fourth-order valence-corrected chi connectivity index (χ4v) is 3.47. The smallest absolute Gasteiger partial charge is 0.258 e. The van der Waals surface area contributed by atoms with E-state index in [0.717, 1.165) is 23.4 Å². The van der Waals surface area contributed by atoms with Gasteiger partial charge in [0.2, 0.25) is 0 Å². The van der Waals surface area contributed by atoms with Crippen LogP contribution in [0.3, 0.4) is 0 Å². The van der Waals surface area contributed by atoms with Gasteiger partial charge >= 0.3 is 0 Å². The van der Waals surface area contributed by atoms with Gasteiger partial charge < -0.3 is 24.1 Å². The number of methoxy groups -OCH3 is 1. The molecule has 3 aromatic rings. The van der Waals surface area contributed by atoms with Gasteiger partial charge in [0, 0.05) is 5.69 Å². The molecule has 0 spiro atoms. The van der Waals surface area contributed by atoms with Crippen molar-refractivity contribution >= 4 is 11.6 Å². The average molecular weight is 392 g/mol. The molecule has 6 nitrogen and oxygen atoms in total. The van der Waals surface area contributed by atoms with Gasteiger partial charge in [-0.2, -0.15) is 0 Å². The van der Waals surface area contributed by atoms with E-state index < -0.39 is 0 Å². The largest absolute Gasteiger partial charge is 0.493 e. The van der Waals surface area contributed by atoms with E-state index in [0.29, 0.717) is 30.2 Å². The quantitative estimate of drug-likeness (QED) is 0.623. The number of hydrogen-bond acceptors (Lipinski definition) is 5. The fraction of sp³-hybridized carbons (Fsp3) is 0.261. The second kappa shape index (κ2) is 8.31. The molecule has 2 heterocycles. The van der Waals surface area contributed by atoms with E-state index in [1.165, 1.54) is 0 Å². The molecule has 0 fully saturated rings. The van der Waals surface area contributed by atoms with Crippen molar-refractivity contribution in [3.63, 3.8) is 0 Å². The normalized spacial score (nSPS) is 15.6. The number of amides is 1. The number of carbonyl (C=O) groups excluding carboxylic acids is 1. The third-order valence-corrected chi connectivity index (χ3v) is 4.89. The lowest BCUT2D eigenvalue weighted by atomic mass is 10.0. The highest BCUT2D eigenvalue weighted by molar-refractivity contribution is 6.01. The predicted octanol–water partition coefficient (Wildman–Crippen LogP) is 4.84. The number of hydrogen-bond donors (Lipinski definition) is 1. The molecule has 1 unspecified atom stereocenters. The SMILES string of the molecule is CCCOc1ccc(C2Nc3ccccc3C(=O)N2Cc2ccco2)cc1OC. The van der Waals surface area contributed by atoms with E-state index in [2.05, 4.69) is 12.2 Å². The van der Waals surface area contributed by atoms with Gasteiger partial charge in [0.05, 0.1) is 32.1 Å². The number of furan rings is 1. The molecule has 1 amide bonds. The second-order valence-electron chi connectivity index (χ2n) is 6.86. The van der Waals surface area contributed by atoms with Crippen molar-refractivity contribution in [3.8, 4) is 11.5 Å². The van der Waals surface area contributed by atoms with E-state index >= 15 is 0 Å². The maximum atomic E-state index is 13.3. The topological polar surface area (TPSA) is 63.9 Å². The number of benzene rings is 2. The lowest BCUT2D eigenvalue weighted by Crippen LogP contribution is -2.42. The Bertz CT molecular complexity index is 984. The number of fused-ring (bicyclic) bond motifs is 1. The summed E-state index contributed by atoms with van der Waals surface area (Å²) in [6, 6.07) is 17.0. The highest BCUT2D eigenvalue weighted by Crippen LogP contribution is 2.37. The van der Waals surface area contributed by atoms with Crippen molar-refractivity contribution < 1.29 is 18.7 Å². The first-order valence-electron chi connectivity index (χ1n) is 9.71. The van der Waals surface area contributed by atoms with Crippen LogP contribution in [0.4, 0.5) is 5.69 Å². The van der Waals surface area contributed by atoms with E-state index in [1.807, 2.05) is 54.6 Å². The predicted molar refractivity (Wildman–Crippen MR) is 110 cm³/mol. The van der Waals surface area contributed by atoms with Crippen molar-refractivity contribution in [2.45, 2.75) is 26.1 Å². The minimum absolute atomic E-state index is 0.0500. The van der Waals surface area contributed by atoms with Crippen molar-refractivity contribution in [1.82, 2.24) is 4.90 Å². The number of ether oxygens (including phenoxy) is 2. The van der Waals surface area contributed by atoms with Crippen molar-refractivity contribution in [2.24, 2.45) is 0 Å². The monoisotopic (exact) mass is 392 g/mol. The van der Waals surface area contributed by atoms with Gasteiger partial charge in [-0.25, -0.2) is 0 Å². The summed E-state index contributed by atoms with van der Waals surface area (Å²) in [5.74, 6) is 2.01. The molecule has 0 bridgehead atoms. The first-order chi connectivity index (χ1) is 14.2. The molecule has 150 valence electrons. The van der Waals surface area contributed by atoms with Gasteiger partial charge in [0.15, 0.2) is 11.5 Å². The number of para-hydroxylation sites is 1. The van der Waals surface area contributed by atoms with Crippen LogP contribution < -0.4 is 14.8 Å². The van der Waals surface area contributed by atoms with Crippen LogP contribution in [0.25, 0.3) is 0 Å². The summed E-state index contributed by atoms with van der Waals surface area (Å²) >= 11 is 0. The first kappa shape index (κ1) is 18.9. The molecular formula is C23H24N2O4. The number of carbonyl (C=O) groups is 1. The molecule has 1 aliphatic rings. The fourth-order valence-electron chi connectivity index (χ4n) is 3.47. The summed E-state index contributed by atoms with van der Waals surface area (Å²) < 4.78 is 16.8. The summed E-state index contributed by atoms with van der Waals surface area (Å²) in [7, 11) is 1.62. The molecule has 6 heteroatoms. The van der Waals surface area contributed by atoms with Gasteiger partial charge in [0.25, 0.3) is 5.91 Å². The Morgan fingerprint density at radius 2 is 1.97 bits per heavy atom. The Balaban J connectivity index is 1.72. The van der Waals surface area contributed by atoms with Crippen molar-refractivity contribution in [2.75, 3.05) is 19.0 Å². The lowest BCUT2D eigenvalue weighted by Gasteiger charge is -2.37. The Kier molecular flexibility index (Phi) is 5.42. The highest BCUT2D eigenvalue weighted by atomic mass is 16.5. The third kappa shape index (κ3) is 3.78. The van der Waals surface area contributed by atoms with Crippen LogP contribution in [0.1, 0.15) is 41.2 Å². The van der Waals surface area contributed by atoms with Crippen LogP contribution in [0.15, 0.2) is 65.3 Å². The Labute approximate surface area is 170 Å². The highest BCUT2D eigenvalue weighted by Gasteiger charge is 2.33. The second-order valence-corrected chi connectivity index (χ2v) is 6.86. The number of nitrogens with one attached hydrogen (secondary N) is 1. The maximum absolute atomic E-state index is 13.3. The average Bonchev–Trinajstić information content (AvgIpc) is 3.27. The molecule has 29 heavy (non-hydrogen) atoms.